The third-order valence-electron chi connectivity index (χ3n) is 7.78. The Kier molecular flexibility index (Phi) is 11.6. The highest BCUT2D eigenvalue weighted by Crippen LogP contribution is 2.29. The first-order chi connectivity index (χ1) is 23.9. The molecule has 258 valence electrons. The number of ether oxygens (including phenoxy) is 1. The molecular formula is C40H40ClN3O5S. The van der Waals surface area contributed by atoms with Crippen molar-refractivity contribution in [3.63, 3.8) is 0 Å². The minimum Gasteiger partial charge on any atom is -0.457 e. The standard InChI is InChI=1S/C40H40ClN3O5S/c1-40(2,3)42-39(46)37(27-30-15-7-4-8-16-30)43(28-31-17-13-14-22-36(31)41)38(45)29-44(50(47,48)35-20-11-6-12-21-35)32-23-25-34(26-24-32)49-33-18-9-5-10-19-33/h4-26,37H,27-29H2,1-3H3,(H,42,46)/t37-/m0/s1. The lowest BCUT2D eigenvalue weighted by molar-refractivity contribution is -0.140. The minimum atomic E-state index is -4.25. The molecule has 0 fully saturated rings. The highest BCUT2D eigenvalue weighted by atomic mass is 35.5. The van der Waals surface area contributed by atoms with Crippen LogP contribution < -0.4 is 14.4 Å². The van der Waals surface area contributed by atoms with Crippen LogP contribution >= 0.6 is 11.6 Å². The Balaban J connectivity index is 1.57. The summed E-state index contributed by atoms with van der Waals surface area (Å²) >= 11 is 6.59. The molecule has 0 saturated carbocycles. The number of amides is 2. The fraction of sp³-hybridized carbons (Fsp3) is 0.200. The summed E-state index contributed by atoms with van der Waals surface area (Å²) in [6.45, 7) is 4.98. The maximum absolute atomic E-state index is 14.7. The number of rotatable bonds is 13. The Bertz CT molecular complexity index is 1990. The minimum absolute atomic E-state index is 0.0152. The average molecular weight is 710 g/mol. The van der Waals surface area contributed by atoms with Crippen molar-refractivity contribution in [3.05, 3.63) is 156 Å². The number of benzene rings is 5. The van der Waals surface area contributed by atoms with Crippen molar-refractivity contribution in [2.24, 2.45) is 0 Å². The van der Waals surface area contributed by atoms with Gasteiger partial charge in [0.15, 0.2) is 0 Å². The summed E-state index contributed by atoms with van der Waals surface area (Å²) in [4.78, 5) is 30.2. The van der Waals surface area contributed by atoms with E-state index < -0.39 is 34.1 Å². The molecule has 2 amide bonds. The number of para-hydroxylation sites is 1. The van der Waals surface area contributed by atoms with Crippen LogP contribution in [0.25, 0.3) is 0 Å². The van der Waals surface area contributed by atoms with E-state index in [2.05, 4.69) is 5.32 Å². The quantitative estimate of drug-likeness (QED) is 0.134. The number of nitrogens with zero attached hydrogens (tertiary/aromatic N) is 2. The number of anilines is 1. The van der Waals surface area contributed by atoms with Crippen molar-refractivity contribution < 1.29 is 22.7 Å². The first-order valence-corrected chi connectivity index (χ1v) is 18.0. The van der Waals surface area contributed by atoms with Gasteiger partial charge in [0.1, 0.15) is 24.1 Å². The van der Waals surface area contributed by atoms with Gasteiger partial charge in [-0.05, 0) is 86.5 Å². The Labute approximate surface area is 299 Å². The Hall–Kier alpha value is -5.12. The van der Waals surface area contributed by atoms with Gasteiger partial charge in [-0.1, -0.05) is 96.5 Å². The number of halogens is 1. The predicted molar refractivity (Wildman–Crippen MR) is 198 cm³/mol. The molecule has 5 aromatic carbocycles. The largest absolute Gasteiger partial charge is 0.457 e. The SMILES string of the molecule is CC(C)(C)NC(=O)[C@H](Cc1ccccc1)N(Cc1ccccc1Cl)C(=O)CN(c1ccc(Oc2ccccc2)cc1)S(=O)(=O)c1ccccc1. The summed E-state index contributed by atoms with van der Waals surface area (Å²) in [5.41, 5.74) is 1.10. The molecule has 0 radical (unpaired) electrons. The van der Waals surface area contributed by atoms with Gasteiger partial charge in [0, 0.05) is 23.5 Å². The third-order valence-corrected chi connectivity index (χ3v) is 9.94. The molecule has 8 nitrogen and oxygen atoms in total. The first kappa shape index (κ1) is 36.2. The molecule has 0 aromatic heterocycles. The van der Waals surface area contributed by atoms with Crippen LogP contribution in [0.2, 0.25) is 5.02 Å². The van der Waals surface area contributed by atoms with Gasteiger partial charge in [0.25, 0.3) is 10.0 Å². The van der Waals surface area contributed by atoms with Gasteiger partial charge in [0.05, 0.1) is 10.6 Å². The van der Waals surface area contributed by atoms with Gasteiger partial charge in [-0.3, -0.25) is 13.9 Å². The van der Waals surface area contributed by atoms with Gasteiger partial charge >= 0.3 is 0 Å². The molecule has 5 aromatic rings. The molecule has 1 N–H and O–H groups in total. The summed E-state index contributed by atoms with van der Waals surface area (Å²) < 4.78 is 35.6. The van der Waals surface area contributed by atoms with Gasteiger partial charge in [0.2, 0.25) is 11.8 Å². The molecular weight excluding hydrogens is 670 g/mol. The second kappa shape index (κ2) is 16.1. The maximum Gasteiger partial charge on any atom is 0.264 e. The lowest BCUT2D eigenvalue weighted by Gasteiger charge is -2.35. The van der Waals surface area contributed by atoms with E-state index >= 15 is 0 Å². The number of nitrogens with one attached hydrogen (secondary N) is 1. The van der Waals surface area contributed by atoms with Crippen molar-refractivity contribution >= 4 is 39.1 Å². The summed E-state index contributed by atoms with van der Waals surface area (Å²) in [5.74, 6) is 0.156. The molecule has 0 saturated heterocycles. The Morgan fingerprint density at radius 3 is 1.88 bits per heavy atom. The van der Waals surface area contributed by atoms with Crippen LogP contribution in [0.3, 0.4) is 0 Å². The van der Waals surface area contributed by atoms with Crippen molar-refractivity contribution in [3.8, 4) is 11.5 Å². The highest BCUT2D eigenvalue weighted by molar-refractivity contribution is 7.92. The highest BCUT2D eigenvalue weighted by Gasteiger charge is 2.36. The number of carbonyl (C=O) groups excluding carboxylic acids is 2. The number of carbonyl (C=O) groups is 2. The van der Waals surface area contributed by atoms with Crippen molar-refractivity contribution in [1.82, 2.24) is 10.2 Å². The zero-order valence-corrected chi connectivity index (χ0v) is 29.8. The zero-order chi connectivity index (χ0) is 35.7. The van der Waals surface area contributed by atoms with Crippen LogP contribution in [-0.4, -0.2) is 43.3 Å². The molecule has 0 aliphatic rings. The van der Waals surface area contributed by atoms with Crippen molar-refractivity contribution in [2.75, 3.05) is 10.8 Å². The number of sulfonamides is 1. The molecule has 0 unspecified atom stereocenters. The Morgan fingerprint density at radius 2 is 1.28 bits per heavy atom. The van der Waals surface area contributed by atoms with Crippen molar-refractivity contribution in [1.29, 1.82) is 0 Å². The molecule has 0 bridgehead atoms. The molecule has 0 heterocycles. The van der Waals surface area contributed by atoms with Gasteiger partial charge < -0.3 is 15.0 Å². The van der Waals surface area contributed by atoms with E-state index in [9.17, 15) is 18.0 Å². The molecule has 0 spiro atoms. The fourth-order valence-corrected chi connectivity index (χ4v) is 7.00. The van der Waals surface area contributed by atoms with E-state index in [1.54, 1.807) is 66.7 Å². The predicted octanol–water partition coefficient (Wildman–Crippen LogP) is 7.88. The van der Waals surface area contributed by atoms with Crippen LogP contribution in [0, 0.1) is 0 Å². The van der Waals surface area contributed by atoms with E-state index in [4.69, 9.17) is 16.3 Å². The van der Waals surface area contributed by atoms with Crippen LogP contribution in [0.5, 0.6) is 11.5 Å². The van der Waals surface area contributed by atoms with E-state index in [0.717, 1.165) is 9.87 Å². The lowest BCUT2D eigenvalue weighted by atomic mass is 10.0. The lowest BCUT2D eigenvalue weighted by Crippen LogP contribution is -2.56. The van der Waals surface area contributed by atoms with Crippen LogP contribution in [0.15, 0.2) is 144 Å². The zero-order valence-electron chi connectivity index (χ0n) is 28.2. The fourth-order valence-electron chi connectivity index (χ4n) is 5.37. The summed E-state index contributed by atoms with van der Waals surface area (Å²) in [7, 11) is -4.25. The molecule has 0 aliphatic heterocycles. The van der Waals surface area contributed by atoms with Crippen LogP contribution in [0.1, 0.15) is 31.9 Å². The number of hydrogen-bond acceptors (Lipinski definition) is 5. The topological polar surface area (TPSA) is 96.0 Å². The molecule has 10 heteroatoms. The second-order valence-electron chi connectivity index (χ2n) is 12.8. The second-order valence-corrected chi connectivity index (χ2v) is 15.1. The maximum atomic E-state index is 14.7. The number of hydrogen-bond donors (Lipinski definition) is 1. The summed E-state index contributed by atoms with van der Waals surface area (Å²) in [6.07, 6.45) is 0.190. The van der Waals surface area contributed by atoms with E-state index in [-0.39, 0.29) is 29.5 Å². The van der Waals surface area contributed by atoms with Gasteiger partial charge in [-0.15, -0.1) is 0 Å². The third kappa shape index (κ3) is 9.52. The van der Waals surface area contributed by atoms with E-state index in [1.807, 2.05) is 81.4 Å². The molecule has 5 rings (SSSR count). The van der Waals surface area contributed by atoms with Crippen molar-refractivity contribution in [2.45, 2.75) is 50.2 Å². The average Bonchev–Trinajstić information content (AvgIpc) is 3.10. The van der Waals surface area contributed by atoms with Crippen LogP contribution in [0.4, 0.5) is 5.69 Å². The molecule has 50 heavy (non-hydrogen) atoms. The van der Waals surface area contributed by atoms with E-state index in [1.165, 1.54) is 17.0 Å². The first-order valence-electron chi connectivity index (χ1n) is 16.2. The summed E-state index contributed by atoms with van der Waals surface area (Å²) in [5, 5.41) is 3.45. The Morgan fingerprint density at radius 1 is 0.740 bits per heavy atom. The van der Waals surface area contributed by atoms with E-state index in [0.29, 0.717) is 22.1 Å². The van der Waals surface area contributed by atoms with Gasteiger partial charge in [-0.2, -0.15) is 0 Å². The molecule has 1 atom stereocenters. The van der Waals surface area contributed by atoms with Gasteiger partial charge in [-0.25, -0.2) is 8.42 Å². The van der Waals surface area contributed by atoms with Crippen LogP contribution in [-0.2, 0) is 32.6 Å². The molecule has 0 aliphatic carbocycles. The summed E-state index contributed by atoms with van der Waals surface area (Å²) in [6, 6.07) is 39.1. The monoisotopic (exact) mass is 709 g/mol. The normalized spacial score (nSPS) is 12.1. The smallest absolute Gasteiger partial charge is 0.264 e.